The molecule has 1 aliphatic rings. The minimum absolute atomic E-state index is 0. The van der Waals surface area contributed by atoms with Gasteiger partial charge in [0, 0.05) is 12.6 Å². The van der Waals surface area contributed by atoms with Crippen LogP contribution in [0, 0.1) is 0 Å². The van der Waals surface area contributed by atoms with Gasteiger partial charge < -0.3 is 19.9 Å². The number of rotatable bonds is 3. The maximum Gasteiger partial charge on any atom is 0.161 e. The lowest BCUT2D eigenvalue weighted by molar-refractivity contribution is 0.235. The van der Waals surface area contributed by atoms with E-state index in [1.54, 1.807) is 14.2 Å². The molecule has 96 valence electrons. The zero-order valence-electron chi connectivity index (χ0n) is 10.0. The third-order valence-corrected chi connectivity index (χ3v) is 2.97. The Hall–Kier alpha value is -0.970. The van der Waals surface area contributed by atoms with E-state index in [1.165, 1.54) is 11.1 Å². The molecule has 1 aliphatic heterocycles. The molecule has 2 rings (SSSR count). The summed E-state index contributed by atoms with van der Waals surface area (Å²) in [5.41, 5.74) is 2.43. The second-order valence-corrected chi connectivity index (χ2v) is 3.94. The molecule has 0 saturated heterocycles. The highest BCUT2D eigenvalue weighted by Gasteiger charge is 2.19. The normalized spacial score (nSPS) is 17.9. The van der Waals surface area contributed by atoms with Gasteiger partial charge in [-0.05, 0) is 29.7 Å². The van der Waals surface area contributed by atoms with Crippen LogP contribution in [-0.2, 0) is 13.0 Å². The number of fused-ring (bicyclic) bond motifs is 1. The van der Waals surface area contributed by atoms with Crippen LogP contribution in [0.15, 0.2) is 12.1 Å². The number of benzene rings is 1. The van der Waals surface area contributed by atoms with Crippen molar-refractivity contribution in [1.29, 1.82) is 0 Å². The van der Waals surface area contributed by atoms with E-state index in [-0.39, 0.29) is 25.1 Å². The molecule has 17 heavy (non-hydrogen) atoms. The van der Waals surface area contributed by atoms with Gasteiger partial charge in [0.2, 0.25) is 0 Å². The van der Waals surface area contributed by atoms with E-state index < -0.39 is 0 Å². The van der Waals surface area contributed by atoms with Gasteiger partial charge in [-0.25, -0.2) is 0 Å². The van der Waals surface area contributed by atoms with Gasteiger partial charge in [0.05, 0.1) is 20.8 Å². The molecule has 1 heterocycles. The Morgan fingerprint density at radius 3 is 2.35 bits per heavy atom. The van der Waals surface area contributed by atoms with Crippen LogP contribution in [0.5, 0.6) is 11.5 Å². The largest absolute Gasteiger partial charge is 0.493 e. The summed E-state index contributed by atoms with van der Waals surface area (Å²) in [5.74, 6) is 1.50. The summed E-state index contributed by atoms with van der Waals surface area (Å²) in [6, 6.07) is 4.14. The van der Waals surface area contributed by atoms with Crippen molar-refractivity contribution in [2.75, 3.05) is 20.8 Å². The van der Waals surface area contributed by atoms with Crippen molar-refractivity contribution < 1.29 is 14.6 Å². The first-order valence-corrected chi connectivity index (χ1v) is 5.36. The van der Waals surface area contributed by atoms with Crippen LogP contribution < -0.4 is 14.8 Å². The Labute approximate surface area is 107 Å². The monoisotopic (exact) mass is 259 g/mol. The number of halogens is 1. The molecule has 4 nitrogen and oxygen atoms in total. The van der Waals surface area contributed by atoms with Gasteiger partial charge in [-0.15, -0.1) is 12.4 Å². The number of hydrogen-bond donors (Lipinski definition) is 2. The van der Waals surface area contributed by atoms with E-state index in [2.05, 4.69) is 5.32 Å². The van der Waals surface area contributed by atoms with Crippen molar-refractivity contribution in [2.24, 2.45) is 0 Å². The summed E-state index contributed by atoms with van der Waals surface area (Å²) in [6.07, 6.45) is 0.826. The lowest BCUT2D eigenvalue weighted by Crippen LogP contribution is -2.38. The zero-order chi connectivity index (χ0) is 11.5. The molecular formula is C12H18ClNO3. The van der Waals surface area contributed by atoms with Gasteiger partial charge >= 0.3 is 0 Å². The third-order valence-electron chi connectivity index (χ3n) is 2.97. The molecule has 2 N–H and O–H groups in total. The van der Waals surface area contributed by atoms with Gasteiger partial charge in [-0.3, -0.25) is 0 Å². The minimum atomic E-state index is 0. The van der Waals surface area contributed by atoms with E-state index in [0.717, 1.165) is 24.5 Å². The quantitative estimate of drug-likeness (QED) is 0.855. The summed E-state index contributed by atoms with van der Waals surface area (Å²) < 4.78 is 10.5. The van der Waals surface area contributed by atoms with Crippen LogP contribution in [0.25, 0.3) is 0 Å². The Bertz CT molecular complexity index is 384. The Morgan fingerprint density at radius 1 is 1.24 bits per heavy atom. The summed E-state index contributed by atoms with van der Waals surface area (Å²) >= 11 is 0. The van der Waals surface area contributed by atoms with Crippen LogP contribution in [0.2, 0.25) is 0 Å². The topological polar surface area (TPSA) is 50.7 Å². The van der Waals surface area contributed by atoms with Crippen LogP contribution >= 0.6 is 12.4 Å². The lowest BCUT2D eigenvalue weighted by atomic mass is 9.95. The van der Waals surface area contributed by atoms with Gasteiger partial charge in [-0.2, -0.15) is 0 Å². The van der Waals surface area contributed by atoms with E-state index in [1.807, 2.05) is 12.1 Å². The van der Waals surface area contributed by atoms with Crippen molar-refractivity contribution >= 4 is 12.4 Å². The van der Waals surface area contributed by atoms with E-state index in [9.17, 15) is 0 Å². The predicted octanol–water partition coefficient (Wildman–Crippen LogP) is 1.13. The highest BCUT2D eigenvalue weighted by Crippen LogP contribution is 2.32. The Balaban J connectivity index is 0.00000144. The molecule has 0 amide bonds. The second-order valence-electron chi connectivity index (χ2n) is 3.94. The average molecular weight is 260 g/mol. The van der Waals surface area contributed by atoms with Crippen LogP contribution in [0.3, 0.4) is 0 Å². The van der Waals surface area contributed by atoms with E-state index in [4.69, 9.17) is 14.6 Å². The van der Waals surface area contributed by atoms with E-state index >= 15 is 0 Å². The van der Waals surface area contributed by atoms with Gasteiger partial charge in [0.15, 0.2) is 11.5 Å². The van der Waals surface area contributed by atoms with Crippen LogP contribution in [0.1, 0.15) is 11.1 Å². The first-order chi connectivity index (χ1) is 7.78. The van der Waals surface area contributed by atoms with Crippen molar-refractivity contribution in [3.05, 3.63) is 23.3 Å². The standard InChI is InChI=1S/C12H17NO3.ClH/c1-15-11-4-8-3-10(7-14)13-6-9(8)5-12(11)16-2;/h4-5,10,13-14H,3,6-7H2,1-2H3;1H/t10-;/m1./s1. The zero-order valence-corrected chi connectivity index (χ0v) is 10.8. The van der Waals surface area contributed by atoms with Crippen molar-refractivity contribution in [2.45, 2.75) is 19.0 Å². The summed E-state index contributed by atoms with van der Waals surface area (Å²) in [7, 11) is 3.27. The second kappa shape index (κ2) is 6.10. The molecule has 0 fully saturated rings. The fourth-order valence-electron chi connectivity index (χ4n) is 2.04. The molecule has 5 heteroatoms. The van der Waals surface area contributed by atoms with Gasteiger partial charge in [-0.1, -0.05) is 0 Å². The Kier molecular flexibility index (Phi) is 5.05. The Morgan fingerprint density at radius 2 is 1.82 bits per heavy atom. The molecule has 0 spiro atoms. The summed E-state index contributed by atoms with van der Waals surface area (Å²) in [4.78, 5) is 0. The maximum atomic E-state index is 9.13. The lowest BCUT2D eigenvalue weighted by Gasteiger charge is -2.25. The molecule has 0 saturated carbocycles. The number of methoxy groups -OCH3 is 2. The SMILES string of the molecule is COc1cc2c(cc1OC)C[C@H](CO)NC2.Cl. The predicted molar refractivity (Wildman–Crippen MR) is 68.2 cm³/mol. The van der Waals surface area contributed by atoms with Crippen LogP contribution in [-0.4, -0.2) is 32.0 Å². The maximum absolute atomic E-state index is 9.13. The van der Waals surface area contributed by atoms with Crippen molar-refractivity contribution in [3.63, 3.8) is 0 Å². The number of aliphatic hydroxyl groups excluding tert-OH is 1. The van der Waals surface area contributed by atoms with Gasteiger partial charge in [0.1, 0.15) is 0 Å². The molecule has 1 atom stereocenters. The molecule has 0 bridgehead atoms. The molecule has 1 aromatic carbocycles. The highest BCUT2D eigenvalue weighted by atomic mass is 35.5. The number of nitrogens with one attached hydrogen (secondary N) is 1. The fourth-order valence-corrected chi connectivity index (χ4v) is 2.04. The molecule has 0 radical (unpaired) electrons. The molecule has 0 aromatic heterocycles. The number of ether oxygens (including phenoxy) is 2. The highest BCUT2D eigenvalue weighted by molar-refractivity contribution is 5.85. The number of hydrogen-bond acceptors (Lipinski definition) is 4. The summed E-state index contributed by atoms with van der Waals surface area (Å²) in [6.45, 7) is 0.925. The van der Waals surface area contributed by atoms with Crippen molar-refractivity contribution in [1.82, 2.24) is 5.32 Å². The first-order valence-electron chi connectivity index (χ1n) is 5.36. The molecule has 1 aromatic rings. The first kappa shape index (κ1) is 14.1. The van der Waals surface area contributed by atoms with Crippen molar-refractivity contribution in [3.8, 4) is 11.5 Å². The molecular weight excluding hydrogens is 242 g/mol. The molecule has 0 unspecified atom stereocenters. The fraction of sp³-hybridized carbons (Fsp3) is 0.500. The molecule has 0 aliphatic carbocycles. The average Bonchev–Trinajstić information content (AvgIpc) is 2.36. The third kappa shape index (κ3) is 2.83. The smallest absolute Gasteiger partial charge is 0.161 e. The summed E-state index contributed by atoms with van der Waals surface area (Å²) in [5, 5.41) is 12.4. The van der Waals surface area contributed by atoms with E-state index in [0.29, 0.717) is 0 Å². The van der Waals surface area contributed by atoms with Crippen LogP contribution in [0.4, 0.5) is 0 Å². The number of aliphatic hydroxyl groups is 1. The minimum Gasteiger partial charge on any atom is -0.493 e. The van der Waals surface area contributed by atoms with Gasteiger partial charge in [0.25, 0.3) is 0 Å².